The predicted molar refractivity (Wildman–Crippen MR) is 128 cm³/mol. The minimum Gasteiger partial charge on any atom is -0.444 e. The number of fused-ring (bicyclic) bond motifs is 1. The van der Waals surface area contributed by atoms with Crippen LogP contribution in [0.4, 0.5) is 9.18 Å². The van der Waals surface area contributed by atoms with E-state index in [2.05, 4.69) is 20.1 Å². The molecule has 0 saturated carbocycles. The number of hydrogen-bond donors (Lipinski definition) is 0. The lowest BCUT2D eigenvalue weighted by molar-refractivity contribution is 0.0124. The second-order valence-electron chi connectivity index (χ2n) is 10.6. The molecule has 1 aromatic carbocycles. The molecule has 0 N–H and O–H groups in total. The Bertz CT molecular complexity index is 1200. The highest BCUT2D eigenvalue weighted by molar-refractivity contribution is 5.83. The van der Waals surface area contributed by atoms with Gasteiger partial charge in [-0.15, -0.1) is 0 Å². The summed E-state index contributed by atoms with van der Waals surface area (Å²) in [7, 11) is 0. The van der Waals surface area contributed by atoms with Crippen molar-refractivity contribution in [1.82, 2.24) is 29.7 Å². The predicted octanol–water partition coefficient (Wildman–Crippen LogP) is 4.43. The summed E-state index contributed by atoms with van der Waals surface area (Å²) in [4.78, 5) is 21.2. The van der Waals surface area contributed by atoms with Crippen LogP contribution in [0.15, 0.2) is 22.7 Å². The molecule has 35 heavy (non-hydrogen) atoms. The maximum atomic E-state index is 14.5. The van der Waals surface area contributed by atoms with Crippen LogP contribution in [0.5, 0.6) is 0 Å². The molecule has 188 valence electrons. The number of carbonyl (C=O) groups is 1. The number of carbonyl (C=O) groups excluding carboxylic acids is 1. The first-order valence-corrected chi connectivity index (χ1v) is 12.4. The highest BCUT2D eigenvalue weighted by Crippen LogP contribution is 2.31. The summed E-state index contributed by atoms with van der Waals surface area (Å²) < 4.78 is 27.0. The molecule has 2 aliphatic rings. The third kappa shape index (κ3) is 4.89. The van der Waals surface area contributed by atoms with Crippen LogP contribution in [-0.4, -0.2) is 73.6 Å². The maximum Gasteiger partial charge on any atom is 0.410 e. The summed E-state index contributed by atoms with van der Waals surface area (Å²) >= 11 is 0. The van der Waals surface area contributed by atoms with Gasteiger partial charge in [-0.3, -0.25) is 0 Å². The van der Waals surface area contributed by atoms with Crippen molar-refractivity contribution in [3.05, 3.63) is 35.6 Å². The van der Waals surface area contributed by atoms with Crippen molar-refractivity contribution >= 4 is 17.0 Å². The molecule has 9 nitrogen and oxygen atoms in total. The molecule has 4 heterocycles. The van der Waals surface area contributed by atoms with Gasteiger partial charge in [0.05, 0.1) is 5.69 Å². The fourth-order valence-corrected chi connectivity index (χ4v) is 5.15. The van der Waals surface area contributed by atoms with Gasteiger partial charge >= 0.3 is 6.09 Å². The zero-order valence-corrected chi connectivity index (χ0v) is 20.8. The Kier molecular flexibility index (Phi) is 6.25. The molecule has 3 aromatic rings. The van der Waals surface area contributed by atoms with Crippen LogP contribution in [0.25, 0.3) is 16.9 Å². The molecule has 1 amide bonds. The van der Waals surface area contributed by atoms with Crippen molar-refractivity contribution in [3.63, 3.8) is 0 Å². The number of hydrogen-bond acceptors (Lipinski definition) is 7. The summed E-state index contributed by atoms with van der Waals surface area (Å²) in [5.41, 5.74) is 0.615. The molecular weight excluding hydrogens is 451 g/mol. The number of nitrogens with zero attached hydrogens (tertiary/aromatic N) is 6. The van der Waals surface area contributed by atoms with E-state index in [1.807, 2.05) is 38.7 Å². The number of halogens is 1. The lowest BCUT2D eigenvalue weighted by atomic mass is 9.93. The molecular formula is C25H33FN6O3. The first kappa shape index (κ1) is 23.7. The normalized spacial score (nSPS) is 18.9. The smallest absolute Gasteiger partial charge is 0.410 e. The summed E-state index contributed by atoms with van der Waals surface area (Å²) in [5.74, 6) is 0.653. The van der Waals surface area contributed by atoms with Crippen molar-refractivity contribution in [2.24, 2.45) is 0 Å². The van der Waals surface area contributed by atoms with E-state index in [0.717, 1.165) is 62.9 Å². The molecule has 5 rings (SSSR count). The Morgan fingerprint density at radius 1 is 1.11 bits per heavy atom. The third-order valence-electron chi connectivity index (χ3n) is 6.97. The summed E-state index contributed by atoms with van der Waals surface area (Å²) in [6, 6.07) is 5.39. The third-order valence-corrected chi connectivity index (χ3v) is 6.97. The second kappa shape index (κ2) is 9.22. The average Bonchev–Trinajstić information content (AvgIpc) is 3.44. The largest absolute Gasteiger partial charge is 0.444 e. The van der Waals surface area contributed by atoms with Gasteiger partial charge in [0, 0.05) is 30.4 Å². The molecule has 0 aliphatic carbocycles. The average molecular weight is 485 g/mol. The Hall–Kier alpha value is -3.01. The molecule has 0 unspecified atom stereocenters. The number of para-hydroxylation sites is 1. The summed E-state index contributed by atoms with van der Waals surface area (Å²) in [5, 5.41) is 9.29. The van der Waals surface area contributed by atoms with Crippen molar-refractivity contribution in [3.8, 4) is 5.95 Å². The Morgan fingerprint density at radius 3 is 2.51 bits per heavy atom. The molecule has 0 radical (unpaired) electrons. The lowest BCUT2D eigenvalue weighted by Gasteiger charge is -2.41. The van der Waals surface area contributed by atoms with E-state index < -0.39 is 5.60 Å². The van der Waals surface area contributed by atoms with Crippen LogP contribution in [0.1, 0.15) is 64.0 Å². The zero-order valence-electron chi connectivity index (χ0n) is 20.8. The van der Waals surface area contributed by atoms with Crippen molar-refractivity contribution in [2.75, 3.05) is 26.2 Å². The van der Waals surface area contributed by atoms with E-state index >= 15 is 0 Å². The minimum absolute atomic E-state index is 0.169. The highest BCUT2D eigenvalue weighted by Gasteiger charge is 2.33. The van der Waals surface area contributed by atoms with Crippen LogP contribution in [-0.2, 0) is 4.74 Å². The Morgan fingerprint density at radius 2 is 1.83 bits per heavy atom. The summed E-state index contributed by atoms with van der Waals surface area (Å²) in [6.45, 7) is 10.9. The number of aryl methyl sites for hydroxylation is 1. The van der Waals surface area contributed by atoms with Gasteiger partial charge in [-0.2, -0.15) is 14.8 Å². The number of ether oxygens (including phenoxy) is 1. The number of rotatable bonds is 3. The van der Waals surface area contributed by atoms with E-state index in [-0.39, 0.29) is 23.8 Å². The van der Waals surface area contributed by atoms with Gasteiger partial charge in [0.25, 0.3) is 5.95 Å². The molecule has 0 spiro atoms. The van der Waals surface area contributed by atoms with E-state index in [1.165, 1.54) is 10.7 Å². The zero-order chi connectivity index (χ0) is 24.7. The SMILES string of the molecule is Cc1nn(-c2noc(C3CCN(C4CCN(C(=O)OC(C)(C)C)CC4)CC3)n2)c2c(F)cccc12. The van der Waals surface area contributed by atoms with Gasteiger partial charge in [0.1, 0.15) is 16.9 Å². The Balaban J connectivity index is 1.18. The highest BCUT2D eigenvalue weighted by atomic mass is 19.1. The molecule has 2 aromatic heterocycles. The molecule has 2 aliphatic heterocycles. The topological polar surface area (TPSA) is 89.5 Å². The number of benzene rings is 1. The van der Waals surface area contributed by atoms with Gasteiger partial charge < -0.3 is 19.1 Å². The maximum absolute atomic E-state index is 14.5. The van der Waals surface area contributed by atoms with E-state index in [4.69, 9.17) is 9.26 Å². The van der Waals surface area contributed by atoms with E-state index in [1.54, 1.807) is 6.07 Å². The quantitative estimate of drug-likeness (QED) is 0.543. The first-order chi connectivity index (χ1) is 16.7. The van der Waals surface area contributed by atoms with Gasteiger partial charge in [-0.05, 0) is 77.7 Å². The van der Waals surface area contributed by atoms with Crippen molar-refractivity contribution in [1.29, 1.82) is 0 Å². The fraction of sp³-hybridized carbons (Fsp3) is 0.600. The van der Waals surface area contributed by atoms with Crippen LogP contribution >= 0.6 is 0 Å². The minimum atomic E-state index is -0.470. The molecule has 10 heteroatoms. The molecule has 0 atom stereocenters. The van der Waals surface area contributed by atoms with E-state index in [0.29, 0.717) is 17.4 Å². The number of likely N-dealkylation sites (tertiary alicyclic amines) is 2. The van der Waals surface area contributed by atoms with E-state index in [9.17, 15) is 9.18 Å². The fourth-order valence-electron chi connectivity index (χ4n) is 5.15. The van der Waals surface area contributed by atoms with Gasteiger partial charge in [-0.1, -0.05) is 12.1 Å². The van der Waals surface area contributed by atoms with Crippen LogP contribution < -0.4 is 0 Å². The number of piperidine rings is 2. The van der Waals surface area contributed by atoms with Crippen molar-refractivity contribution in [2.45, 2.75) is 70.9 Å². The molecule has 0 bridgehead atoms. The van der Waals surface area contributed by atoms with Crippen molar-refractivity contribution < 1.29 is 18.4 Å². The second-order valence-corrected chi connectivity index (χ2v) is 10.6. The van der Waals surface area contributed by atoms with Gasteiger partial charge in [0.15, 0.2) is 0 Å². The van der Waals surface area contributed by atoms with Crippen LogP contribution in [0, 0.1) is 12.7 Å². The van der Waals surface area contributed by atoms with Gasteiger partial charge in [0.2, 0.25) is 5.89 Å². The van der Waals surface area contributed by atoms with Crippen LogP contribution in [0.3, 0.4) is 0 Å². The lowest BCUT2D eigenvalue weighted by Crippen LogP contribution is -2.49. The van der Waals surface area contributed by atoms with Crippen LogP contribution in [0.2, 0.25) is 0 Å². The van der Waals surface area contributed by atoms with Gasteiger partial charge in [-0.25, -0.2) is 9.18 Å². The Labute approximate surface area is 204 Å². The summed E-state index contributed by atoms with van der Waals surface area (Å²) in [6.07, 6.45) is 3.52. The number of aromatic nitrogens is 4. The number of amides is 1. The molecule has 2 saturated heterocycles. The monoisotopic (exact) mass is 484 g/mol. The first-order valence-electron chi connectivity index (χ1n) is 12.4. The molecule has 2 fully saturated rings. The standard InChI is InChI=1S/C25H33FN6O3/c1-16-19-6-5-7-20(26)21(19)32(28-16)23-27-22(35-29-23)17-8-12-30(13-9-17)18-10-14-31(15-11-18)24(33)34-25(2,3)4/h5-7,17-18H,8-15H2,1-4H3.